The van der Waals surface area contributed by atoms with Crippen LogP contribution in [0, 0.1) is 13.8 Å². The topological polar surface area (TPSA) is 85.3 Å². The average molecular weight is 536 g/mol. The van der Waals surface area contributed by atoms with Crippen molar-refractivity contribution in [3.05, 3.63) is 87.4 Å². The standard InChI is InChI=1S/C30H30ClNO6/c1-6-37-20-12-13-22(31)21(16-20)28(33)26-27(19-11-14-24(36-5)25(15-19)38-7-2)32(30(35)29(26)34)23-10-8-9-17(3)18(23)4/h8-16,27,33H,6-7H2,1-5H3/b28-26+. The van der Waals surface area contributed by atoms with E-state index in [-0.39, 0.29) is 21.9 Å². The fraction of sp³-hybridized carbons (Fsp3) is 0.267. The van der Waals surface area contributed by atoms with Gasteiger partial charge in [-0.3, -0.25) is 14.5 Å². The van der Waals surface area contributed by atoms with Gasteiger partial charge in [-0.25, -0.2) is 0 Å². The first-order chi connectivity index (χ1) is 18.2. The number of amides is 1. The zero-order valence-electron chi connectivity index (χ0n) is 22.0. The first kappa shape index (κ1) is 27.1. The number of carbonyl (C=O) groups is 2. The highest BCUT2D eigenvalue weighted by atomic mass is 35.5. The molecule has 1 unspecified atom stereocenters. The molecule has 198 valence electrons. The van der Waals surface area contributed by atoms with E-state index >= 15 is 0 Å². The molecule has 3 aromatic rings. The van der Waals surface area contributed by atoms with Gasteiger partial charge in [-0.15, -0.1) is 0 Å². The lowest BCUT2D eigenvalue weighted by atomic mass is 9.94. The first-order valence-corrected chi connectivity index (χ1v) is 12.7. The number of Topliss-reactive ketones (excluding diaryl/α,β-unsaturated/α-hetero) is 1. The maximum Gasteiger partial charge on any atom is 0.300 e. The number of nitrogens with zero attached hydrogens (tertiary/aromatic N) is 1. The molecule has 1 heterocycles. The Labute approximate surface area is 227 Å². The molecule has 3 aromatic carbocycles. The number of anilines is 1. The Bertz CT molecular complexity index is 1430. The number of ketones is 1. The molecule has 0 saturated carbocycles. The van der Waals surface area contributed by atoms with Gasteiger partial charge in [0.1, 0.15) is 11.5 Å². The van der Waals surface area contributed by atoms with Gasteiger partial charge < -0.3 is 19.3 Å². The van der Waals surface area contributed by atoms with E-state index in [1.54, 1.807) is 42.5 Å². The molecule has 1 amide bonds. The smallest absolute Gasteiger partial charge is 0.300 e. The van der Waals surface area contributed by atoms with Crippen LogP contribution in [0.25, 0.3) is 5.76 Å². The monoisotopic (exact) mass is 535 g/mol. The number of methoxy groups -OCH3 is 1. The molecule has 0 aliphatic carbocycles. The Morgan fingerprint density at radius 2 is 1.71 bits per heavy atom. The molecule has 0 radical (unpaired) electrons. The van der Waals surface area contributed by atoms with Gasteiger partial charge in [0.2, 0.25) is 0 Å². The summed E-state index contributed by atoms with van der Waals surface area (Å²) in [6.07, 6.45) is 0. The molecular formula is C30H30ClNO6. The molecular weight excluding hydrogens is 506 g/mol. The van der Waals surface area contributed by atoms with Crippen LogP contribution in [0.15, 0.2) is 60.2 Å². The SMILES string of the molecule is CCOc1ccc(Cl)c(/C(O)=C2\C(=O)C(=O)N(c3cccc(C)c3C)C2c2ccc(OC)c(OCC)c2)c1. The van der Waals surface area contributed by atoms with E-state index in [0.717, 1.165) is 11.1 Å². The van der Waals surface area contributed by atoms with E-state index in [9.17, 15) is 14.7 Å². The van der Waals surface area contributed by atoms with Crippen molar-refractivity contribution in [1.29, 1.82) is 0 Å². The molecule has 8 heteroatoms. The molecule has 1 atom stereocenters. The summed E-state index contributed by atoms with van der Waals surface area (Å²) in [5.74, 6) is -0.526. The van der Waals surface area contributed by atoms with Crippen molar-refractivity contribution >= 4 is 34.7 Å². The number of ether oxygens (including phenoxy) is 3. The van der Waals surface area contributed by atoms with Gasteiger partial charge in [0, 0.05) is 11.3 Å². The first-order valence-electron chi connectivity index (χ1n) is 12.3. The summed E-state index contributed by atoms with van der Waals surface area (Å²) in [5, 5.41) is 11.8. The molecule has 7 nitrogen and oxygen atoms in total. The second-order valence-electron chi connectivity index (χ2n) is 8.81. The van der Waals surface area contributed by atoms with Gasteiger partial charge in [-0.2, -0.15) is 0 Å². The van der Waals surface area contributed by atoms with Crippen LogP contribution in [0.1, 0.15) is 42.1 Å². The van der Waals surface area contributed by atoms with Gasteiger partial charge in [0.25, 0.3) is 11.7 Å². The summed E-state index contributed by atoms with van der Waals surface area (Å²) in [7, 11) is 1.53. The highest BCUT2D eigenvalue weighted by Crippen LogP contribution is 2.46. The molecule has 1 aliphatic rings. The van der Waals surface area contributed by atoms with Crippen molar-refractivity contribution in [2.24, 2.45) is 0 Å². The number of carbonyl (C=O) groups excluding carboxylic acids is 2. The highest BCUT2D eigenvalue weighted by molar-refractivity contribution is 6.52. The molecule has 4 rings (SSSR count). The van der Waals surface area contributed by atoms with Gasteiger partial charge >= 0.3 is 0 Å². The summed E-state index contributed by atoms with van der Waals surface area (Å²) < 4.78 is 16.8. The summed E-state index contributed by atoms with van der Waals surface area (Å²) in [6, 6.07) is 14.6. The van der Waals surface area contributed by atoms with Crippen LogP contribution < -0.4 is 19.1 Å². The molecule has 1 N–H and O–H groups in total. The fourth-order valence-corrected chi connectivity index (χ4v) is 4.82. The van der Waals surface area contributed by atoms with E-state index in [1.165, 1.54) is 12.0 Å². The largest absolute Gasteiger partial charge is 0.507 e. The lowest BCUT2D eigenvalue weighted by Crippen LogP contribution is -2.30. The lowest BCUT2D eigenvalue weighted by Gasteiger charge is -2.28. The predicted octanol–water partition coefficient (Wildman–Crippen LogP) is 6.39. The summed E-state index contributed by atoms with van der Waals surface area (Å²) in [6.45, 7) is 8.31. The number of aliphatic hydroxyl groups excluding tert-OH is 1. The number of aliphatic hydroxyl groups is 1. The minimum absolute atomic E-state index is 0.0842. The number of hydrogen-bond acceptors (Lipinski definition) is 6. The van der Waals surface area contributed by atoms with E-state index in [0.29, 0.717) is 41.7 Å². The Balaban J connectivity index is 2.01. The third-order valence-electron chi connectivity index (χ3n) is 6.59. The van der Waals surface area contributed by atoms with Crippen LogP contribution in [0.3, 0.4) is 0 Å². The minimum Gasteiger partial charge on any atom is -0.507 e. The lowest BCUT2D eigenvalue weighted by molar-refractivity contribution is -0.132. The Morgan fingerprint density at radius 3 is 2.39 bits per heavy atom. The maximum absolute atomic E-state index is 13.6. The molecule has 1 fully saturated rings. The van der Waals surface area contributed by atoms with Gasteiger partial charge in [-0.1, -0.05) is 29.8 Å². The predicted molar refractivity (Wildman–Crippen MR) is 147 cm³/mol. The van der Waals surface area contributed by atoms with Crippen LogP contribution >= 0.6 is 11.6 Å². The molecule has 1 aliphatic heterocycles. The van der Waals surface area contributed by atoms with Crippen molar-refractivity contribution in [3.8, 4) is 17.2 Å². The number of halogens is 1. The quantitative estimate of drug-likeness (QED) is 0.204. The summed E-state index contributed by atoms with van der Waals surface area (Å²) >= 11 is 6.46. The minimum atomic E-state index is -0.951. The van der Waals surface area contributed by atoms with E-state index in [2.05, 4.69) is 0 Å². The fourth-order valence-electron chi connectivity index (χ4n) is 4.61. The van der Waals surface area contributed by atoms with Crippen LogP contribution in [0.2, 0.25) is 5.02 Å². The zero-order valence-corrected chi connectivity index (χ0v) is 22.8. The van der Waals surface area contributed by atoms with Crippen molar-refractivity contribution in [2.75, 3.05) is 25.2 Å². The Hall–Kier alpha value is -3.97. The van der Waals surface area contributed by atoms with E-state index in [1.807, 2.05) is 39.8 Å². The maximum atomic E-state index is 13.6. The van der Waals surface area contributed by atoms with Crippen LogP contribution in [0.5, 0.6) is 17.2 Å². The van der Waals surface area contributed by atoms with E-state index in [4.69, 9.17) is 25.8 Å². The van der Waals surface area contributed by atoms with Gasteiger partial charge in [0.05, 0.1) is 37.0 Å². The van der Waals surface area contributed by atoms with E-state index < -0.39 is 17.7 Å². The zero-order chi connectivity index (χ0) is 27.6. The summed E-state index contributed by atoms with van der Waals surface area (Å²) in [5.41, 5.74) is 3.04. The number of hydrogen-bond donors (Lipinski definition) is 1. The molecule has 38 heavy (non-hydrogen) atoms. The normalized spacial score (nSPS) is 16.6. The number of aryl methyl sites for hydroxylation is 1. The molecule has 0 spiro atoms. The van der Waals surface area contributed by atoms with Crippen LogP contribution in [-0.2, 0) is 9.59 Å². The third kappa shape index (κ3) is 4.82. The van der Waals surface area contributed by atoms with Crippen molar-refractivity contribution in [3.63, 3.8) is 0 Å². The summed E-state index contributed by atoms with van der Waals surface area (Å²) in [4.78, 5) is 28.6. The highest BCUT2D eigenvalue weighted by Gasteiger charge is 2.47. The third-order valence-corrected chi connectivity index (χ3v) is 6.92. The van der Waals surface area contributed by atoms with Gasteiger partial charge in [-0.05, 0) is 80.8 Å². The number of benzene rings is 3. The number of rotatable bonds is 8. The van der Waals surface area contributed by atoms with Gasteiger partial charge in [0.15, 0.2) is 11.5 Å². The Kier molecular flexibility index (Phi) is 7.97. The van der Waals surface area contributed by atoms with Crippen molar-refractivity contribution < 1.29 is 28.9 Å². The van der Waals surface area contributed by atoms with Crippen molar-refractivity contribution in [1.82, 2.24) is 0 Å². The van der Waals surface area contributed by atoms with Crippen LogP contribution in [0.4, 0.5) is 5.69 Å². The molecule has 0 aromatic heterocycles. The second-order valence-corrected chi connectivity index (χ2v) is 9.21. The van der Waals surface area contributed by atoms with Crippen molar-refractivity contribution in [2.45, 2.75) is 33.7 Å². The Morgan fingerprint density at radius 1 is 0.974 bits per heavy atom. The molecule has 1 saturated heterocycles. The van der Waals surface area contributed by atoms with Crippen LogP contribution in [-0.4, -0.2) is 37.1 Å². The average Bonchev–Trinajstić information content (AvgIpc) is 3.17. The molecule has 0 bridgehead atoms. The second kappa shape index (κ2) is 11.2.